The lowest BCUT2D eigenvalue weighted by Gasteiger charge is -1.98. The lowest BCUT2D eigenvalue weighted by molar-refractivity contribution is 0.624. The van der Waals surface area contributed by atoms with Crippen molar-refractivity contribution in [3.63, 3.8) is 0 Å². The van der Waals surface area contributed by atoms with Crippen LogP contribution in [0, 0.1) is 5.82 Å². The van der Waals surface area contributed by atoms with Gasteiger partial charge >= 0.3 is 0 Å². The molecule has 0 aromatic carbocycles. The van der Waals surface area contributed by atoms with Gasteiger partial charge in [-0.15, -0.1) is 0 Å². The summed E-state index contributed by atoms with van der Waals surface area (Å²) in [4.78, 5) is 6.72. The Hall–Kier alpha value is -1.90. The smallest absolute Gasteiger partial charge is 0.150 e. The van der Waals surface area contributed by atoms with Crippen molar-refractivity contribution in [2.75, 3.05) is 0 Å². The molecule has 2 nitrogen and oxygen atoms in total. The zero-order valence-electron chi connectivity index (χ0n) is 7.50. The fourth-order valence-electron chi connectivity index (χ4n) is 1.28. The van der Waals surface area contributed by atoms with Crippen LogP contribution in [0.15, 0.2) is 37.2 Å². The zero-order chi connectivity index (χ0) is 9.97. The van der Waals surface area contributed by atoms with Crippen molar-refractivity contribution >= 4 is 6.08 Å². The van der Waals surface area contributed by atoms with Crippen LogP contribution in [0.5, 0.6) is 0 Å². The third kappa shape index (κ3) is 1.44. The highest BCUT2D eigenvalue weighted by molar-refractivity contribution is 5.62. The second-order valence-electron chi connectivity index (χ2n) is 2.89. The molecule has 0 aliphatic rings. The number of nitrogens with one attached hydrogen (secondary N) is 1. The minimum Gasteiger partial charge on any atom is -0.355 e. The normalized spacial score (nSPS) is 10.1. The minimum absolute atomic E-state index is 0.329. The third-order valence-electron chi connectivity index (χ3n) is 1.99. The largest absolute Gasteiger partial charge is 0.355 e. The molecule has 0 radical (unpaired) electrons. The predicted octanol–water partition coefficient (Wildman–Crippen LogP) is 2.86. The van der Waals surface area contributed by atoms with Gasteiger partial charge in [0.15, 0.2) is 5.82 Å². The van der Waals surface area contributed by atoms with Gasteiger partial charge in [-0.3, -0.25) is 4.98 Å². The van der Waals surface area contributed by atoms with E-state index in [0.717, 1.165) is 11.4 Å². The van der Waals surface area contributed by atoms with Gasteiger partial charge in [0, 0.05) is 23.1 Å². The van der Waals surface area contributed by atoms with Gasteiger partial charge in [-0.1, -0.05) is 6.58 Å². The second-order valence-corrected chi connectivity index (χ2v) is 2.89. The zero-order valence-corrected chi connectivity index (χ0v) is 7.50. The number of hydrogen-bond donors (Lipinski definition) is 1. The number of H-pyrrole nitrogens is 1. The lowest BCUT2D eigenvalue weighted by atomic mass is 10.2. The Labute approximate surface area is 81.1 Å². The Morgan fingerprint density at radius 2 is 2.21 bits per heavy atom. The molecule has 0 unspecified atom stereocenters. The number of halogens is 1. The van der Waals surface area contributed by atoms with E-state index in [1.54, 1.807) is 18.3 Å². The summed E-state index contributed by atoms with van der Waals surface area (Å²) in [6.07, 6.45) is 4.44. The van der Waals surface area contributed by atoms with Crippen LogP contribution < -0.4 is 0 Å². The highest BCUT2D eigenvalue weighted by Crippen LogP contribution is 2.20. The summed E-state index contributed by atoms with van der Waals surface area (Å²) in [6, 6.07) is 5.30. The van der Waals surface area contributed by atoms with E-state index in [2.05, 4.69) is 16.5 Å². The summed E-state index contributed by atoms with van der Waals surface area (Å²) in [5.74, 6) is -0.329. The van der Waals surface area contributed by atoms with Crippen LogP contribution in [0.4, 0.5) is 4.39 Å². The van der Waals surface area contributed by atoms with Gasteiger partial charge in [0.2, 0.25) is 0 Å². The van der Waals surface area contributed by atoms with Gasteiger partial charge in [-0.05, 0) is 24.3 Å². The summed E-state index contributed by atoms with van der Waals surface area (Å²) in [6.45, 7) is 3.62. The molecule has 70 valence electrons. The molecule has 3 heteroatoms. The van der Waals surface area contributed by atoms with E-state index >= 15 is 0 Å². The van der Waals surface area contributed by atoms with Gasteiger partial charge < -0.3 is 4.98 Å². The maximum atomic E-state index is 13.3. The fourth-order valence-corrected chi connectivity index (χ4v) is 1.28. The minimum atomic E-state index is -0.329. The molecular weight excluding hydrogens is 179 g/mol. The summed E-state index contributed by atoms with van der Waals surface area (Å²) in [5, 5.41) is 0. The van der Waals surface area contributed by atoms with Gasteiger partial charge in [-0.25, -0.2) is 4.39 Å². The molecule has 0 aliphatic carbocycles. The standard InChI is InChI=1S/C11H9FN2/c1-2-8-3-4-11(14-8)9-5-6-13-7-10(9)12/h2-7,14H,1H2. The first-order chi connectivity index (χ1) is 6.81. The van der Waals surface area contributed by atoms with Crippen LogP contribution in [0.25, 0.3) is 17.3 Å². The summed E-state index contributed by atoms with van der Waals surface area (Å²) in [5.41, 5.74) is 2.13. The molecule has 1 N–H and O–H groups in total. The number of pyridine rings is 1. The van der Waals surface area contributed by atoms with E-state index < -0.39 is 0 Å². The van der Waals surface area contributed by atoms with Crippen molar-refractivity contribution in [1.82, 2.24) is 9.97 Å². The topological polar surface area (TPSA) is 28.7 Å². The maximum absolute atomic E-state index is 13.3. The van der Waals surface area contributed by atoms with Crippen LogP contribution in [0.3, 0.4) is 0 Å². The molecule has 0 amide bonds. The second kappa shape index (κ2) is 3.46. The first kappa shape index (κ1) is 8.69. The Kier molecular flexibility index (Phi) is 2.14. The number of aromatic amines is 1. The van der Waals surface area contributed by atoms with Crippen molar-refractivity contribution in [2.45, 2.75) is 0 Å². The number of nitrogens with zero attached hydrogens (tertiary/aromatic N) is 1. The van der Waals surface area contributed by atoms with Crippen molar-refractivity contribution in [2.24, 2.45) is 0 Å². The van der Waals surface area contributed by atoms with Crippen molar-refractivity contribution < 1.29 is 4.39 Å². The van der Waals surface area contributed by atoms with E-state index in [1.165, 1.54) is 6.20 Å². The number of rotatable bonds is 2. The first-order valence-electron chi connectivity index (χ1n) is 4.22. The average Bonchev–Trinajstić information content (AvgIpc) is 2.67. The van der Waals surface area contributed by atoms with Gasteiger partial charge in [0.1, 0.15) is 0 Å². The molecule has 2 aromatic rings. The predicted molar refractivity (Wildman–Crippen MR) is 54.1 cm³/mol. The average molecular weight is 188 g/mol. The van der Waals surface area contributed by atoms with Gasteiger partial charge in [0.05, 0.1) is 6.20 Å². The van der Waals surface area contributed by atoms with Crippen molar-refractivity contribution in [1.29, 1.82) is 0 Å². The van der Waals surface area contributed by atoms with E-state index in [-0.39, 0.29) is 5.82 Å². The molecule has 0 fully saturated rings. The molecule has 2 heterocycles. The Morgan fingerprint density at radius 3 is 2.86 bits per heavy atom. The lowest BCUT2D eigenvalue weighted by Crippen LogP contribution is -1.85. The van der Waals surface area contributed by atoms with Crippen LogP contribution in [0.2, 0.25) is 0 Å². The SMILES string of the molecule is C=Cc1ccc(-c2ccncc2F)[nH]1. The van der Waals surface area contributed by atoms with Crippen LogP contribution in [-0.2, 0) is 0 Å². The first-order valence-corrected chi connectivity index (χ1v) is 4.22. The highest BCUT2D eigenvalue weighted by atomic mass is 19.1. The molecule has 0 saturated heterocycles. The summed E-state index contributed by atoms with van der Waals surface area (Å²) < 4.78 is 13.3. The number of aromatic nitrogens is 2. The molecule has 2 aromatic heterocycles. The third-order valence-corrected chi connectivity index (χ3v) is 1.99. The van der Waals surface area contributed by atoms with E-state index in [0.29, 0.717) is 5.56 Å². The van der Waals surface area contributed by atoms with Crippen molar-refractivity contribution in [3.8, 4) is 11.3 Å². The quantitative estimate of drug-likeness (QED) is 0.771. The number of hydrogen-bond acceptors (Lipinski definition) is 1. The summed E-state index contributed by atoms with van der Waals surface area (Å²) in [7, 11) is 0. The monoisotopic (exact) mass is 188 g/mol. The highest BCUT2D eigenvalue weighted by Gasteiger charge is 2.05. The molecule has 0 aliphatic heterocycles. The molecule has 0 saturated carbocycles. The van der Waals surface area contributed by atoms with E-state index in [4.69, 9.17) is 0 Å². The Bertz CT molecular complexity index is 460. The Balaban J connectivity index is 2.49. The fraction of sp³-hybridized carbons (Fsp3) is 0. The van der Waals surface area contributed by atoms with Crippen LogP contribution in [-0.4, -0.2) is 9.97 Å². The van der Waals surface area contributed by atoms with Crippen LogP contribution >= 0.6 is 0 Å². The molecule has 0 bridgehead atoms. The van der Waals surface area contributed by atoms with Gasteiger partial charge in [-0.2, -0.15) is 0 Å². The van der Waals surface area contributed by atoms with Crippen molar-refractivity contribution in [3.05, 3.63) is 48.7 Å². The molecule has 0 atom stereocenters. The summed E-state index contributed by atoms with van der Waals surface area (Å²) >= 11 is 0. The molecule has 0 spiro atoms. The molecular formula is C11H9FN2. The molecule has 14 heavy (non-hydrogen) atoms. The van der Waals surface area contributed by atoms with E-state index in [9.17, 15) is 4.39 Å². The van der Waals surface area contributed by atoms with Gasteiger partial charge in [0.25, 0.3) is 0 Å². The maximum Gasteiger partial charge on any atom is 0.150 e. The van der Waals surface area contributed by atoms with Crippen LogP contribution in [0.1, 0.15) is 5.69 Å². The van der Waals surface area contributed by atoms with E-state index in [1.807, 2.05) is 12.1 Å². The molecule has 2 rings (SSSR count). The Morgan fingerprint density at radius 1 is 1.36 bits per heavy atom.